The fourth-order valence-electron chi connectivity index (χ4n) is 6.23. The standard InChI is InChI=1S/C39H79NO3P/c1-6-8-10-12-14-16-18-20-21-23-24-26-28-30-32-34-36(41)38(43)39(40(3,4)5)44-37(42)35-33-31-29-27-25-22-19-17-15-13-11-9-7-2/h38-39,43-44H,6-35H2,1-5H3/q+1. The summed E-state index contributed by atoms with van der Waals surface area (Å²) in [6.07, 6.45) is 36.4. The number of nitrogens with zero attached hydrogens (tertiary/aromatic N) is 1. The van der Waals surface area contributed by atoms with Crippen LogP contribution in [0.5, 0.6) is 0 Å². The first-order valence-corrected chi connectivity index (χ1v) is 20.6. The number of ketones is 1. The molecule has 0 saturated carbocycles. The van der Waals surface area contributed by atoms with Gasteiger partial charge in [-0.15, -0.1) is 0 Å². The van der Waals surface area contributed by atoms with E-state index in [0.29, 0.717) is 17.3 Å². The molecule has 0 aliphatic carbocycles. The number of rotatable bonds is 35. The lowest BCUT2D eigenvalue weighted by atomic mass is 10.0. The Labute approximate surface area is 278 Å². The number of carbonyl (C=O) groups is 2. The number of unbranched alkanes of at least 4 members (excludes halogenated alkanes) is 26. The second-order valence-electron chi connectivity index (χ2n) is 14.7. The molecule has 4 nitrogen and oxygen atoms in total. The van der Waals surface area contributed by atoms with Crippen LogP contribution in [0.4, 0.5) is 0 Å². The highest BCUT2D eigenvalue weighted by atomic mass is 31.1. The highest BCUT2D eigenvalue weighted by Gasteiger charge is 2.37. The molecule has 44 heavy (non-hydrogen) atoms. The Bertz CT molecular complexity index is 648. The molecule has 0 bridgehead atoms. The molecule has 1 N–H and O–H groups in total. The third kappa shape index (κ3) is 28.0. The SMILES string of the molecule is CCCCCCCCCCCCCCCCCC(=O)C(O)C(PC(=O)CCCCCCCCCCCCCCC)[N+](C)(C)C. The maximum absolute atomic E-state index is 12.9. The number of quaternary nitrogens is 1. The fraction of sp³-hybridized carbons (Fsp3) is 0.949. The molecular formula is C39H79NO3P+. The van der Waals surface area contributed by atoms with Crippen molar-refractivity contribution in [1.29, 1.82) is 0 Å². The van der Waals surface area contributed by atoms with E-state index in [2.05, 4.69) is 13.8 Å². The monoisotopic (exact) mass is 641 g/mol. The van der Waals surface area contributed by atoms with Crippen molar-refractivity contribution >= 4 is 19.9 Å². The molecule has 0 radical (unpaired) electrons. The quantitative estimate of drug-likeness (QED) is 0.0426. The molecule has 0 heterocycles. The van der Waals surface area contributed by atoms with Gasteiger partial charge in [-0.3, -0.25) is 9.59 Å². The Hall–Kier alpha value is -0.310. The van der Waals surface area contributed by atoms with Crippen molar-refractivity contribution in [1.82, 2.24) is 0 Å². The number of hydrogen-bond acceptors (Lipinski definition) is 3. The van der Waals surface area contributed by atoms with Gasteiger partial charge in [0.2, 0.25) is 0 Å². The van der Waals surface area contributed by atoms with Gasteiger partial charge in [-0.2, -0.15) is 0 Å². The van der Waals surface area contributed by atoms with Gasteiger partial charge in [-0.1, -0.05) is 181 Å². The molecular weight excluding hydrogens is 561 g/mol. The first-order valence-electron chi connectivity index (χ1n) is 19.5. The van der Waals surface area contributed by atoms with Gasteiger partial charge < -0.3 is 9.59 Å². The van der Waals surface area contributed by atoms with Crippen molar-refractivity contribution < 1.29 is 19.2 Å². The first kappa shape index (κ1) is 43.7. The number of aliphatic hydroxyl groups excluding tert-OH is 1. The lowest BCUT2D eigenvalue weighted by molar-refractivity contribution is -0.883. The second-order valence-corrected chi connectivity index (χ2v) is 16.2. The number of Topliss-reactive ketones (excluding diaryl/α,β-unsaturated/α-hetero) is 1. The number of likely N-dealkylation sites (N-methyl/N-ethyl adjacent to an activating group) is 1. The molecule has 5 heteroatoms. The van der Waals surface area contributed by atoms with Crippen LogP contribution >= 0.6 is 8.58 Å². The summed E-state index contributed by atoms with van der Waals surface area (Å²) in [5, 5.41) is 11.0. The molecule has 0 aromatic heterocycles. The van der Waals surface area contributed by atoms with E-state index in [1.54, 1.807) is 0 Å². The van der Waals surface area contributed by atoms with Gasteiger partial charge >= 0.3 is 0 Å². The van der Waals surface area contributed by atoms with Crippen molar-refractivity contribution in [2.45, 2.75) is 218 Å². The van der Waals surface area contributed by atoms with E-state index in [1.165, 1.54) is 154 Å². The molecule has 0 fully saturated rings. The predicted molar refractivity (Wildman–Crippen MR) is 196 cm³/mol. The zero-order valence-electron chi connectivity index (χ0n) is 30.6. The summed E-state index contributed by atoms with van der Waals surface area (Å²) in [5.41, 5.74) is 0.227. The Balaban J connectivity index is 3.91. The van der Waals surface area contributed by atoms with E-state index in [0.717, 1.165) is 25.7 Å². The molecule has 0 aliphatic rings. The zero-order valence-corrected chi connectivity index (χ0v) is 31.6. The van der Waals surface area contributed by atoms with Gasteiger partial charge in [-0.05, 0) is 12.8 Å². The van der Waals surface area contributed by atoms with Gasteiger partial charge in [0.05, 0.1) is 21.1 Å². The van der Waals surface area contributed by atoms with Gasteiger partial charge in [0, 0.05) is 21.4 Å². The lowest BCUT2D eigenvalue weighted by Gasteiger charge is -2.36. The minimum absolute atomic E-state index is 0.000702. The Morgan fingerprint density at radius 1 is 0.477 bits per heavy atom. The van der Waals surface area contributed by atoms with Crippen LogP contribution < -0.4 is 0 Å². The average molecular weight is 641 g/mol. The maximum Gasteiger partial charge on any atom is 0.168 e. The summed E-state index contributed by atoms with van der Waals surface area (Å²) in [6.45, 7) is 4.55. The molecule has 3 atom stereocenters. The predicted octanol–water partition coefficient (Wildman–Crippen LogP) is 11.9. The van der Waals surface area contributed by atoms with Crippen LogP contribution in [0.25, 0.3) is 0 Å². The maximum atomic E-state index is 12.9. The summed E-state index contributed by atoms with van der Waals surface area (Å²) in [4.78, 5) is 25.7. The van der Waals surface area contributed by atoms with Crippen molar-refractivity contribution in [2.75, 3.05) is 21.1 Å². The molecule has 0 rings (SSSR count). The highest BCUT2D eigenvalue weighted by molar-refractivity contribution is 7.58. The Kier molecular flexibility index (Phi) is 31.1. The Morgan fingerprint density at radius 3 is 1.05 bits per heavy atom. The molecule has 262 valence electrons. The van der Waals surface area contributed by atoms with Crippen LogP contribution in [0.1, 0.15) is 206 Å². The smallest absolute Gasteiger partial charge is 0.168 e. The summed E-state index contributed by atoms with van der Waals surface area (Å²) in [7, 11) is 6.00. The molecule has 0 aromatic rings. The van der Waals surface area contributed by atoms with Crippen LogP contribution in [0, 0.1) is 0 Å². The summed E-state index contributed by atoms with van der Waals surface area (Å²) < 4.78 is 0.453. The van der Waals surface area contributed by atoms with E-state index in [9.17, 15) is 14.7 Å². The zero-order chi connectivity index (χ0) is 32.7. The van der Waals surface area contributed by atoms with Crippen molar-refractivity contribution in [2.24, 2.45) is 0 Å². The van der Waals surface area contributed by atoms with E-state index in [1.807, 2.05) is 21.1 Å². The molecule has 0 aliphatic heterocycles. The lowest BCUT2D eigenvalue weighted by Crippen LogP contribution is -2.52. The molecule has 0 aromatic carbocycles. The van der Waals surface area contributed by atoms with E-state index >= 15 is 0 Å². The topological polar surface area (TPSA) is 54.4 Å². The normalized spacial score (nSPS) is 13.6. The number of aliphatic hydroxyl groups is 1. The molecule has 0 spiro atoms. The number of carbonyl (C=O) groups excluding carboxylic acids is 2. The largest absolute Gasteiger partial charge is 0.379 e. The van der Waals surface area contributed by atoms with E-state index in [4.69, 9.17) is 0 Å². The van der Waals surface area contributed by atoms with E-state index in [-0.39, 0.29) is 25.7 Å². The summed E-state index contributed by atoms with van der Waals surface area (Å²) in [5.74, 6) is -0.396. The van der Waals surface area contributed by atoms with Gasteiger partial charge in [0.25, 0.3) is 0 Å². The van der Waals surface area contributed by atoms with Crippen molar-refractivity contribution in [3.8, 4) is 0 Å². The van der Waals surface area contributed by atoms with Crippen LogP contribution in [0.3, 0.4) is 0 Å². The highest BCUT2D eigenvalue weighted by Crippen LogP contribution is 2.32. The van der Waals surface area contributed by atoms with E-state index < -0.39 is 6.10 Å². The average Bonchev–Trinajstić information content (AvgIpc) is 2.99. The minimum atomic E-state index is -1.03. The summed E-state index contributed by atoms with van der Waals surface area (Å²) >= 11 is 0. The van der Waals surface area contributed by atoms with Crippen LogP contribution in [-0.4, -0.2) is 53.9 Å². The van der Waals surface area contributed by atoms with Crippen molar-refractivity contribution in [3.63, 3.8) is 0 Å². The molecule has 0 saturated heterocycles. The minimum Gasteiger partial charge on any atom is -0.379 e. The fourth-order valence-corrected chi connectivity index (χ4v) is 7.61. The third-order valence-electron chi connectivity index (χ3n) is 9.31. The molecule has 0 amide bonds. The first-order chi connectivity index (χ1) is 21.2. The van der Waals surface area contributed by atoms with Gasteiger partial charge in [-0.25, -0.2) is 0 Å². The van der Waals surface area contributed by atoms with Gasteiger partial charge in [0.1, 0.15) is 5.78 Å². The third-order valence-corrected chi connectivity index (χ3v) is 11.3. The Morgan fingerprint density at radius 2 is 0.750 bits per heavy atom. The van der Waals surface area contributed by atoms with Crippen LogP contribution in [0.2, 0.25) is 0 Å². The van der Waals surface area contributed by atoms with Crippen LogP contribution in [-0.2, 0) is 9.59 Å². The summed E-state index contributed by atoms with van der Waals surface area (Å²) in [6, 6.07) is 0. The second kappa shape index (κ2) is 31.3. The van der Waals surface area contributed by atoms with Crippen LogP contribution in [0.15, 0.2) is 0 Å². The van der Waals surface area contributed by atoms with Crippen molar-refractivity contribution in [3.05, 3.63) is 0 Å². The van der Waals surface area contributed by atoms with Gasteiger partial charge in [0.15, 0.2) is 17.4 Å². The number of hydrogen-bond donors (Lipinski definition) is 1. The molecule has 3 unspecified atom stereocenters.